The lowest BCUT2D eigenvalue weighted by Crippen LogP contribution is -3.00. The van der Waals surface area contributed by atoms with E-state index < -0.39 is 0 Å². The molecule has 0 aromatic carbocycles. The number of halogens is 2. The fourth-order valence-electron chi connectivity index (χ4n) is 4.13. The van der Waals surface area contributed by atoms with Crippen LogP contribution in [0, 0.1) is 0 Å². The van der Waals surface area contributed by atoms with Crippen molar-refractivity contribution in [3.63, 3.8) is 0 Å². The van der Waals surface area contributed by atoms with E-state index in [0.29, 0.717) is 22.8 Å². The summed E-state index contributed by atoms with van der Waals surface area (Å²) in [5.74, 6) is 0.439. The molecule has 166 valence electrons. The Morgan fingerprint density at radius 3 is 2.77 bits per heavy atom. The number of nitrogens with zero attached hydrogens (tertiary/aromatic N) is 4. The molecular formula is C22H28Cl2N6O. The molecule has 3 N–H and O–H groups in total. The molecule has 1 aliphatic carbocycles. The minimum atomic E-state index is -0.259. The maximum absolute atomic E-state index is 12.1. The van der Waals surface area contributed by atoms with Crippen LogP contribution in [0.2, 0.25) is 0 Å². The van der Waals surface area contributed by atoms with Gasteiger partial charge in [-0.05, 0) is 44.4 Å². The molecule has 0 saturated carbocycles. The zero-order chi connectivity index (χ0) is 21.3. The van der Waals surface area contributed by atoms with Gasteiger partial charge in [0.15, 0.2) is 5.82 Å². The molecule has 4 rings (SSSR count). The number of quaternary nitrogens is 1. The van der Waals surface area contributed by atoms with E-state index in [0.717, 1.165) is 23.1 Å². The highest BCUT2D eigenvalue weighted by molar-refractivity contribution is 6.49. The number of hydrogen-bond acceptors (Lipinski definition) is 5. The molecule has 2 aromatic rings. The normalized spacial score (nSPS) is 20.0. The van der Waals surface area contributed by atoms with Gasteiger partial charge in [0.1, 0.15) is 10.7 Å². The predicted molar refractivity (Wildman–Crippen MR) is 121 cm³/mol. The van der Waals surface area contributed by atoms with Crippen LogP contribution < -0.4 is 23.5 Å². The molecule has 1 fully saturated rings. The number of likely N-dealkylation sites (N-methyl/N-ethyl adjacent to an activating group) is 1. The molecule has 0 unspecified atom stereocenters. The predicted octanol–water partition coefficient (Wildman–Crippen LogP) is 0.391. The largest absolute Gasteiger partial charge is 1.00 e. The number of piperidine rings is 1. The number of hydrogen-bond donors (Lipinski definition) is 2. The Morgan fingerprint density at radius 2 is 2.03 bits per heavy atom. The second kappa shape index (κ2) is 9.42. The molecule has 1 saturated heterocycles. The number of pyridine rings is 1. The van der Waals surface area contributed by atoms with Crippen LogP contribution in [0.3, 0.4) is 0 Å². The first kappa shape index (κ1) is 23.3. The van der Waals surface area contributed by atoms with Crippen LogP contribution in [-0.4, -0.2) is 58.8 Å². The second-order valence-electron chi connectivity index (χ2n) is 8.39. The molecule has 7 nitrogen and oxygen atoms in total. The first-order chi connectivity index (χ1) is 14.4. The monoisotopic (exact) mass is 462 g/mol. The minimum absolute atomic E-state index is 0. The number of aromatic nitrogens is 2. The summed E-state index contributed by atoms with van der Waals surface area (Å²) in [6.45, 7) is 5.99. The summed E-state index contributed by atoms with van der Waals surface area (Å²) in [5, 5.41) is 8.17. The number of allylic oxidation sites excluding steroid dienone is 3. The summed E-state index contributed by atoms with van der Waals surface area (Å²) < 4.78 is 2.88. The van der Waals surface area contributed by atoms with E-state index in [2.05, 4.69) is 17.5 Å². The van der Waals surface area contributed by atoms with Crippen molar-refractivity contribution in [3.05, 3.63) is 46.8 Å². The van der Waals surface area contributed by atoms with Crippen molar-refractivity contribution in [2.24, 2.45) is 10.7 Å². The highest BCUT2D eigenvalue weighted by atomic mass is 35.5. The lowest BCUT2D eigenvalue weighted by atomic mass is 10.0. The molecule has 0 radical (unpaired) electrons. The number of Topliss-reactive ketones (excluding diaryl/α,β-unsaturated/α-hetero) is 1. The Hall–Kier alpha value is -2.35. The van der Waals surface area contributed by atoms with Gasteiger partial charge >= 0.3 is 0 Å². The quantitative estimate of drug-likeness (QED) is 0.497. The standard InChI is InChI=1S/C22H27ClN6O.ClH/c1-15-14-16(19(24)18(23)21(15)30)26-20-17-8-4-5-10-28(17)27-22(20)25-9-13-29(2)11-6-3-7-12-29;/h4-5,8,10,14H,3,6-7,9,11-13H2,1-2H3,(H2-,24,25,27,30);1H/b26-16+;. The molecule has 3 heterocycles. The minimum Gasteiger partial charge on any atom is -1.00 e. The highest BCUT2D eigenvalue weighted by Gasteiger charge is 2.25. The molecule has 0 spiro atoms. The Kier molecular flexibility index (Phi) is 7.09. The summed E-state index contributed by atoms with van der Waals surface area (Å²) in [6.07, 6.45) is 7.49. The van der Waals surface area contributed by atoms with Gasteiger partial charge in [-0.2, -0.15) is 0 Å². The maximum atomic E-state index is 12.1. The molecule has 2 aromatic heterocycles. The zero-order valence-electron chi connectivity index (χ0n) is 17.9. The van der Waals surface area contributed by atoms with Crippen LogP contribution in [0.25, 0.3) is 5.52 Å². The smallest absolute Gasteiger partial charge is 0.202 e. The van der Waals surface area contributed by atoms with E-state index in [-0.39, 0.29) is 28.9 Å². The SMILES string of the molecule is CC1=C/C(=N\c2c(NCC[N+]3(C)CCCCC3)nn3ccccc23)C(N)=C(Cl)C1=O.[Cl-]. The van der Waals surface area contributed by atoms with E-state index in [9.17, 15) is 4.79 Å². The molecule has 0 bridgehead atoms. The number of carbonyl (C=O) groups is 1. The Labute approximate surface area is 193 Å². The van der Waals surface area contributed by atoms with Crippen molar-refractivity contribution in [2.45, 2.75) is 26.2 Å². The number of nitrogens with one attached hydrogen (secondary N) is 1. The second-order valence-corrected chi connectivity index (χ2v) is 8.76. The molecule has 2 aliphatic rings. The van der Waals surface area contributed by atoms with Gasteiger partial charge in [-0.3, -0.25) is 4.79 Å². The third-order valence-corrected chi connectivity index (χ3v) is 6.38. The van der Waals surface area contributed by atoms with Gasteiger partial charge in [-0.25, -0.2) is 9.51 Å². The third kappa shape index (κ3) is 4.79. The average molecular weight is 463 g/mol. The van der Waals surface area contributed by atoms with Crippen LogP contribution in [0.5, 0.6) is 0 Å². The molecule has 0 amide bonds. The van der Waals surface area contributed by atoms with Crippen LogP contribution >= 0.6 is 11.6 Å². The van der Waals surface area contributed by atoms with E-state index >= 15 is 0 Å². The zero-order valence-corrected chi connectivity index (χ0v) is 19.4. The Balaban J connectivity index is 0.00000272. The first-order valence-corrected chi connectivity index (χ1v) is 10.8. The number of aliphatic imine (C=N–C) groups is 1. The number of anilines is 1. The van der Waals surface area contributed by atoms with Gasteiger partial charge in [0.25, 0.3) is 0 Å². The summed E-state index contributed by atoms with van der Waals surface area (Å²) in [4.78, 5) is 16.8. The van der Waals surface area contributed by atoms with Gasteiger partial charge < -0.3 is 27.9 Å². The number of carbonyl (C=O) groups excluding carboxylic acids is 1. The number of rotatable bonds is 5. The lowest BCUT2D eigenvalue weighted by Gasteiger charge is -2.37. The van der Waals surface area contributed by atoms with Crippen LogP contribution in [0.4, 0.5) is 11.5 Å². The van der Waals surface area contributed by atoms with Gasteiger partial charge in [-0.15, -0.1) is 5.10 Å². The summed E-state index contributed by atoms with van der Waals surface area (Å²) in [5.41, 5.74) is 8.84. The van der Waals surface area contributed by atoms with E-state index in [1.165, 1.54) is 32.4 Å². The summed E-state index contributed by atoms with van der Waals surface area (Å²) >= 11 is 6.14. The van der Waals surface area contributed by atoms with Crippen molar-refractivity contribution >= 4 is 40.1 Å². The fraction of sp³-hybridized carbons (Fsp3) is 0.409. The fourth-order valence-corrected chi connectivity index (χ4v) is 4.37. The maximum Gasteiger partial charge on any atom is 0.202 e. The van der Waals surface area contributed by atoms with Gasteiger partial charge in [0, 0.05) is 11.8 Å². The summed E-state index contributed by atoms with van der Waals surface area (Å²) in [7, 11) is 2.33. The van der Waals surface area contributed by atoms with Crippen molar-refractivity contribution in [1.29, 1.82) is 0 Å². The third-order valence-electron chi connectivity index (χ3n) is 6.01. The Morgan fingerprint density at radius 1 is 1.29 bits per heavy atom. The number of nitrogens with two attached hydrogens (primary N) is 1. The van der Waals surface area contributed by atoms with E-state index in [1.807, 2.05) is 24.4 Å². The number of ketones is 1. The number of likely N-dealkylation sites (tertiary alicyclic amines) is 1. The van der Waals surface area contributed by atoms with Crippen LogP contribution in [-0.2, 0) is 4.79 Å². The highest BCUT2D eigenvalue weighted by Crippen LogP contribution is 2.32. The molecule has 0 atom stereocenters. The van der Waals surface area contributed by atoms with Crippen molar-refractivity contribution in [1.82, 2.24) is 9.61 Å². The van der Waals surface area contributed by atoms with Crippen molar-refractivity contribution in [3.8, 4) is 0 Å². The van der Waals surface area contributed by atoms with E-state index in [1.54, 1.807) is 17.5 Å². The van der Waals surface area contributed by atoms with Crippen molar-refractivity contribution < 1.29 is 21.7 Å². The van der Waals surface area contributed by atoms with Gasteiger partial charge in [-0.1, -0.05) is 17.7 Å². The summed E-state index contributed by atoms with van der Waals surface area (Å²) in [6, 6.07) is 5.83. The van der Waals surface area contributed by atoms with E-state index in [4.69, 9.17) is 22.3 Å². The number of fused-ring (bicyclic) bond motifs is 1. The van der Waals surface area contributed by atoms with Crippen LogP contribution in [0.1, 0.15) is 26.2 Å². The Bertz CT molecular complexity index is 1080. The van der Waals surface area contributed by atoms with Gasteiger partial charge in [0.2, 0.25) is 5.78 Å². The molecule has 9 heteroatoms. The lowest BCUT2D eigenvalue weighted by molar-refractivity contribution is -0.912. The van der Waals surface area contributed by atoms with Crippen LogP contribution in [0.15, 0.2) is 51.8 Å². The topological polar surface area (TPSA) is 84.8 Å². The van der Waals surface area contributed by atoms with Crippen molar-refractivity contribution in [2.75, 3.05) is 38.5 Å². The average Bonchev–Trinajstić information content (AvgIpc) is 3.08. The molecular weight excluding hydrogens is 435 g/mol. The first-order valence-electron chi connectivity index (χ1n) is 10.4. The molecule has 31 heavy (non-hydrogen) atoms. The van der Waals surface area contributed by atoms with Gasteiger partial charge in [0.05, 0.1) is 50.2 Å². The molecule has 1 aliphatic heterocycles.